The van der Waals surface area contributed by atoms with Gasteiger partial charge in [0.25, 0.3) is 11.6 Å². The first kappa shape index (κ1) is 24.4. The molecule has 1 saturated carbocycles. The van der Waals surface area contributed by atoms with Crippen LogP contribution in [0.3, 0.4) is 0 Å². The minimum Gasteiger partial charge on any atom is -0.351 e. The Bertz CT molecular complexity index is 791. The first-order valence-electron chi connectivity index (χ1n) is 11.1. The van der Waals surface area contributed by atoms with E-state index in [0.717, 1.165) is 44.7 Å². The van der Waals surface area contributed by atoms with E-state index < -0.39 is 28.3 Å². The molecule has 1 amide bonds. The molecular formula is C21H30F3N5O3. The molecule has 1 aliphatic carbocycles. The van der Waals surface area contributed by atoms with Gasteiger partial charge >= 0.3 is 6.18 Å². The van der Waals surface area contributed by atoms with Crippen molar-refractivity contribution in [2.75, 3.05) is 45.8 Å². The number of carbonyl (C=O) groups is 1. The van der Waals surface area contributed by atoms with Crippen LogP contribution in [0.4, 0.5) is 18.9 Å². The molecule has 1 aromatic carbocycles. The van der Waals surface area contributed by atoms with Gasteiger partial charge in [0.1, 0.15) is 0 Å². The van der Waals surface area contributed by atoms with Crippen molar-refractivity contribution < 1.29 is 22.9 Å². The number of non-ortho nitro benzene ring substituents is 1. The number of rotatable bonds is 8. The van der Waals surface area contributed by atoms with E-state index in [0.29, 0.717) is 18.7 Å². The molecule has 11 heteroatoms. The topological polar surface area (TPSA) is 90.8 Å². The Morgan fingerprint density at radius 2 is 1.75 bits per heavy atom. The van der Waals surface area contributed by atoms with Crippen molar-refractivity contribution in [1.29, 1.82) is 0 Å². The van der Waals surface area contributed by atoms with Gasteiger partial charge in [-0.15, -0.1) is 0 Å². The zero-order valence-electron chi connectivity index (χ0n) is 18.0. The fourth-order valence-electron chi connectivity index (χ4n) is 4.33. The van der Waals surface area contributed by atoms with Crippen molar-refractivity contribution in [3.05, 3.63) is 39.4 Å². The monoisotopic (exact) mass is 457 g/mol. The summed E-state index contributed by atoms with van der Waals surface area (Å²) in [7, 11) is 0. The Kier molecular flexibility index (Phi) is 8.44. The number of carbonyl (C=O) groups excluding carboxylic acids is 1. The second kappa shape index (κ2) is 11.1. The Morgan fingerprint density at radius 3 is 2.38 bits per heavy atom. The SMILES string of the molecule is O=C(NCCNN1CCN(CC2CCCCC2)CC1)c1cc([N+](=O)[O-])cc(C(F)(F)F)c1. The van der Waals surface area contributed by atoms with Crippen LogP contribution in [0, 0.1) is 16.0 Å². The van der Waals surface area contributed by atoms with E-state index in [2.05, 4.69) is 20.7 Å². The number of halogens is 3. The number of hydrogen-bond acceptors (Lipinski definition) is 6. The molecule has 32 heavy (non-hydrogen) atoms. The van der Waals surface area contributed by atoms with Crippen LogP contribution < -0.4 is 10.7 Å². The van der Waals surface area contributed by atoms with E-state index in [1.807, 2.05) is 0 Å². The number of nitrogens with zero attached hydrogens (tertiary/aromatic N) is 3. The lowest BCUT2D eigenvalue weighted by atomic mass is 9.89. The molecule has 0 bridgehead atoms. The van der Waals surface area contributed by atoms with Crippen LogP contribution in [0.15, 0.2) is 18.2 Å². The molecule has 1 aromatic rings. The summed E-state index contributed by atoms with van der Waals surface area (Å²) >= 11 is 0. The maximum absolute atomic E-state index is 13.0. The summed E-state index contributed by atoms with van der Waals surface area (Å²) in [6, 6.07) is 1.90. The van der Waals surface area contributed by atoms with Crippen molar-refractivity contribution in [2.24, 2.45) is 5.92 Å². The molecular weight excluding hydrogens is 427 g/mol. The molecule has 2 fully saturated rings. The molecule has 1 aliphatic heterocycles. The molecule has 2 N–H and O–H groups in total. The second-order valence-electron chi connectivity index (χ2n) is 8.48. The van der Waals surface area contributed by atoms with Gasteiger partial charge in [0.05, 0.1) is 10.5 Å². The summed E-state index contributed by atoms with van der Waals surface area (Å²) in [5.41, 5.74) is 0.845. The summed E-state index contributed by atoms with van der Waals surface area (Å²) in [5.74, 6) is 0.0310. The van der Waals surface area contributed by atoms with Gasteiger partial charge in [0.15, 0.2) is 0 Å². The molecule has 1 saturated heterocycles. The van der Waals surface area contributed by atoms with E-state index >= 15 is 0 Å². The summed E-state index contributed by atoms with van der Waals surface area (Å²) in [4.78, 5) is 24.7. The number of piperazine rings is 1. The van der Waals surface area contributed by atoms with Crippen molar-refractivity contribution >= 4 is 11.6 Å². The van der Waals surface area contributed by atoms with Crippen LogP contribution in [0.1, 0.15) is 48.0 Å². The third-order valence-corrected chi connectivity index (χ3v) is 6.08. The Morgan fingerprint density at radius 1 is 1.06 bits per heavy atom. The van der Waals surface area contributed by atoms with Gasteiger partial charge in [-0.1, -0.05) is 19.3 Å². The van der Waals surface area contributed by atoms with Crippen molar-refractivity contribution in [3.8, 4) is 0 Å². The van der Waals surface area contributed by atoms with Gasteiger partial charge < -0.3 is 10.2 Å². The lowest BCUT2D eigenvalue weighted by molar-refractivity contribution is -0.385. The standard InChI is InChI=1S/C21H30F3N5O3/c22-21(23,24)18-12-17(13-19(14-18)29(31)32)20(30)25-6-7-26-28-10-8-27(9-11-28)15-16-4-2-1-3-5-16/h12-14,16,26H,1-11,15H2,(H,25,30). The fraction of sp³-hybridized carbons (Fsp3) is 0.667. The van der Waals surface area contributed by atoms with E-state index in [1.54, 1.807) is 0 Å². The highest BCUT2D eigenvalue weighted by Crippen LogP contribution is 2.32. The second-order valence-corrected chi connectivity index (χ2v) is 8.48. The fourth-order valence-corrected chi connectivity index (χ4v) is 4.33. The van der Waals surface area contributed by atoms with E-state index in [9.17, 15) is 28.1 Å². The van der Waals surface area contributed by atoms with Gasteiger partial charge in [-0.25, -0.2) is 5.01 Å². The molecule has 0 unspecified atom stereocenters. The Labute approximate surface area is 185 Å². The number of benzene rings is 1. The number of hydrazine groups is 1. The van der Waals surface area contributed by atoms with E-state index in [1.165, 1.54) is 32.1 Å². The van der Waals surface area contributed by atoms with Crippen molar-refractivity contribution in [2.45, 2.75) is 38.3 Å². The highest BCUT2D eigenvalue weighted by Gasteiger charge is 2.33. The molecule has 178 valence electrons. The first-order chi connectivity index (χ1) is 15.2. The molecule has 8 nitrogen and oxygen atoms in total. The van der Waals surface area contributed by atoms with Gasteiger partial charge in [0.2, 0.25) is 0 Å². The Balaban J connectivity index is 1.40. The van der Waals surface area contributed by atoms with Gasteiger partial charge in [-0.3, -0.25) is 20.3 Å². The third-order valence-electron chi connectivity index (χ3n) is 6.08. The van der Waals surface area contributed by atoms with Crippen LogP contribution in [0.25, 0.3) is 0 Å². The molecule has 0 atom stereocenters. The third kappa shape index (κ3) is 7.14. The normalized spacial score (nSPS) is 19.1. The zero-order chi connectivity index (χ0) is 23.1. The average Bonchev–Trinajstić information content (AvgIpc) is 2.77. The largest absolute Gasteiger partial charge is 0.416 e. The predicted molar refractivity (Wildman–Crippen MR) is 113 cm³/mol. The maximum atomic E-state index is 13.0. The quantitative estimate of drug-likeness (QED) is 0.354. The molecule has 3 rings (SSSR count). The predicted octanol–water partition coefficient (Wildman–Crippen LogP) is 3.05. The number of nitro groups is 1. The van der Waals surface area contributed by atoms with Crippen LogP contribution in [0.2, 0.25) is 0 Å². The van der Waals surface area contributed by atoms with Crippen LogP contribution in [-0.2, 0) is 6.18 Å². The summed E-state index contributed by atoms with van der Waals surface area (Å²) in [5, 5.41) is 15.5. The van der Waals surface area contributed by atoms with E-state index in [4.69, 9.17) is 0 Å². The number of nitro benzene ring substituents is 1. The number of alkyl halides is 3. The Hall–Kier alpha value is -2.24. The highest BCUT2D eigenvalue weighted by molar-refractivity contribution is 5.95. The zero-order valence-corrected chi connectivity index (χ0v) is 18.0. The van der Waals surface area contributed by atoms with Gasteiger partial charge in [-0.2, -0.15) is 13.2 Å². The maximum Gasteiger partial charge on any atom is 0.416 e. The summed E-state index contributed by atoms with van der Waals surface area (Å²) in [6.07, 6.45) is 1.91. The van der Waals surface area contributed by atoms with Gasteiger partial charge in [-0.05, 0) is 24.8 Å². The minimum absolute atomic E-state index is 0.186. The highest BCUT2D eigenvalue weighted by atomic mass is 19.4. The molecule has 0 aromatic heterocycles. The molecule has 0 spiro atoms. The number of nitrogens with one attached hydrogen (secondary N) is 2. The molecule has 0 radical (unpaired) electrons. The lowest BCUT2D eigenvalue weighted by Crippen LogP contribution is -2.53. The van der Waals surface area contributed by atoms with Crippen molar-refractivity contribution in [1.82, 2.24) is 20.7 Å². The summed E-state index contributed by atoms with van der Waals surface area (Å²) < 4.78 is 38.9. The van der Waals surface area contributed by atoms with Crippen LogP contribution in [0.5, 0.6) is 0 Å². The molecule has 2 aliphatic rings. The first-order valence-corrected chi connectivity index (χ1v) is 11.1. The van der Waals surface area contributed by atoms with Crippen LogP contribution >= 0.6 is 0 Å². The van der Waals surface area contributed by atoms with E-state index in [-0.39, 0.29) is 12.1 Å². The average molecular weight is 457 g/mol. The van der Waals surface area contributed by atoms with Gasteiger partial charge in [0, 0.05) is 63.5 Å². The number of hydrogen-bond donors (Lipinski definition) is 2. The molecule has 1 heterocycles. The van der Waals surface area contributed by atoms with Crippen molar-refractivity contribution in [3.63, 3.8) is 0 Å². The smallest absolute Gasteiger partial charge is 0.351 e. The lowest BCUT2D eigenvalue weighted by Gasteiger charge is -2.37. The number of amides is 1. The minimum atomic E-state index is -4.78. The summed E-state index contributed by atoms with van der Waals surface area (Å²) in [6.45, 7) is 5.43. The van der Waals surface area contributed by atoms with Crippen LogP contribution in [-0.4, -0.2) is 66.6 Å².